The number of nitrogens with zero attached hydrogens (tertiary/aromatic N) is 3. The molecule has 6 nitrogen and oxygen atoms in total. The van der Waals surface area contributed by atoms with E-state index >= 15 is 0 Å². The van der Waals surface area contributed by atoms with E-state index in [0.717, 1.165) is 4.88 Å². The molecule has 2 aromatic rings. The summed E-state index contributed by atoms with van der Waals surface area (Å²) in [5.41, 5.74) is 0. The van der Waals surface area contributed by atoms with Gasteiger partial charge in [-0.05, 0) is 18.4 Å². The highest BCUT2D eigenvalue weighted by Crippen LogP contribution is 2.21. The summed E-state index contributed by atoms with van der Waals surface area (Å²) in [7, 11) is 0. The predicted octanol–water partition coefficient (Wildman–Crippen LogP) is 1.98. The predicted molar refractivity (Wildman–Crippen MR) is 77.9 cm³/mol. The number of hydrogen-bond acceptors (Lipinski definition) is 6. The van der Waals surface area contributed by atoms with Crippen LogP contribution in [0.3, 0.4) is 0 Å². The number of thiophene rings is 1. The molecule has 0 bridgehead atoms. The van der Waals surface area contributed by atoms with Crippen LogP contribution in [-0.2, 0) is 16.0 Å². The average Bonchev–Trinajstić information content (AvgIpc) is 3.16. The first-order valence-corrected chi connectivity index (χ1v) is 7.85. The molecule has 1 saturated heterocycles. The van der Waals surface area contributed by atoms with E-state index in [1.54, 1.807) is 11.3 Å². The fraction of sp³-hybridized carbons (Fsp3) is 0.500. The van der Waals surface area contributed by atoms with Gasteiger partial charge in [-0.3, -0.25) is 4.79 Å². The maximum Gasteiger partial charge on any atom is 0.227 e. The minimum absolute atomic E-state index is 0.113. The van der Waals surface area contributed by atoms with Gasteiger partial charge in [-0.1, -0.05) is 11.2 Å². The number of carbonyl (C=O) groups is 1. The van der Waals surface area contributed by atoms with Crippen LogP contribution in [-0.4, -0.2) is 46.7 Å². The number of rotatable bonds is 4. The zero-order chi connectivity index (χ0) is 14.7. The lowest BCUT2D eigenvalue weighted by atomic mass is 10.2. The fourth-order valence-electron chi connectivity index (χ4n) is 2.32. The van der Waals surface area contributed by atoms with Gasteiger partial charge in [0.05, 0.1) is 24.1 Å². The lowest BCUT2D eigenvalue weighted by Crippen LogP contribution is -2.47. The largest absolute Gasteiger partial charge is 0.377 e. The van der Waals surface area contributed by atoms with E-state index in [1.165, 1.54) is 0 Å². The minimum atomic E-state index is 0.113. The lowest BCUT2D eigenvalue weighted by Gasteiger charge is -2.33. The van der Waals surface area contributed by atoms with Gasteiger partial charge in [0.1, 0.15) is 0 Å². The van der Waals surface area contributed by atoms with Crippen LogP contribution in [0.5, 0.6) is 0 Å². The van der Waals surface area contributed by atoms with Crippen molar-refractivity contribution in [3.8, 4) is 10.7 Å². The second-order valence-corrected chi connectivity index (χ2v) is 5.95. The molecule has 1 unspecified atom stereocenters. The Kier molecular flexibility index (Phi) is 4.31. The molecule has 112 valence electrons. The summed E-state index contributed by atoms with van der Waals surface area (Å²) in [4.78, 5) is 19.4. The summed E-state index contributed by atoms with van der Waals surface area (Å²) in [6.07, 6.45) is 0.859. The van der Waals surface area contributed by atoms with Crippen molar-refractivity contribution < 1.29 is 14.1 Å². The minimum Gasteiger partial charge on any atom is -0.377 e. The quantitative estimate of drug-likeness (QED) is 0.864. The first-order chi connectivity index (χ1) is 10.2. The molecule has 1 amide bonds. The first kappa shape index (κ1) is 14.2. The van der Waals surface area contributed by atoms with Gasteiger partial charge in [0.15, 0.2) is 0 Å². The van der Waals surface area contributed by atoms with Gasteiger partial charge in [0.25, 0.3) is 0 Å². The smallest absolute Gasteiger partial charge is 0.227 e. The van der Waals surface area contributed by atoms with E-state index in [0.29, 0.717) is 44.3 Å². The highest BCUT2D eigenvalue weighted by molar-refractivity contribution is 7.13. The highest BCUT2D eigenvalue weighted by Gasteiger charge is 2.23. The Morgan fingerprint density at radius 1 is 1.57 bits per heavy atom. The van der Waals surface area contributed by atoms with Crippen molar-refractivity contribution >= 4 is 17.2 Å². The number of aryl methyl sites for hydroxylation is 1. The molecule has 0 radical (unpaired) electrons. The van der Waals surface area contributed by atoms with Crippen LogP contribution in [0, 0.1) is 0 Å². The Bertz CT molecular complexity index is 596. The molecule has 0 aromatic carbocycles. The monoisotopic (exact) mass is 307 g/mol. The molecule has 3 rings (SSSR count). The van der Waals surface area contributed by atoms with E-state index in [4.69, 9.17) is 9.26 Å². The maximum atomic E-state index is 12.2. The van der Waals surface area contributed by atoms with Gasteiger partial charge in [-0.25, -0.2) is 0 Å². The third-order valence-electron chi connectivity index (χ3n) is 3.45. The van der Waals surface area contributed by atoms with E-state index in [2.05, 4.69) is 10.1 Å². The van der Waals surface area contributed by atoms with Crippen LogP contribution in [0.25, 0.3) is 10.7 Å². The number of hydrogen-bond donors (Lipinski definition) is 0. The third kappa shape index (κ3) is 3.30. The summed E-state index contributed by atoms with van der Waals surface area (Å²) in [5.74, 6) is 1.21. The fourth-order valence-corrected chi connectivity index (χ4v) is 2.97. The molecule has 21 heavy (non-hydrogen) atoms. The molecule has 7 heteroatoms. The van der Waals surface area contributed by atoms with Crippen molar-refractivity contribution in [3.05, 3.63) is 23.4 Å². The van der Waals surface area contributed by atoms with Gasteiger partial charge in [0, 0.05) is 19.4 Å². The second-order valence-electron chi connectivity index (χ2n) is 5.00. The van der Waals surface area contributed by atoms with E-state index in [-0.39, 0.29) is 11.9 Å². The molecular formula is C14H17N3O3S. The van der Waals surface area contributed by atoms with Gasteiger partial charge in [-0.15, -0.1) is 11.3 Å². The number of morpholine rings is 1. The van der Waals surface area contributed by atoms with Gasteiger partial charge in [-0.2, -0.15) is 4.98 Å². The molecule has 1 aliphatic heterocycles. The van der Waals surface area contributed by atoms with Crippen LogP contribution in [0.2, 0.25) is 0 Å². The summed E-state index contributed by atoms with van der Waals surface area (Å²) >= 11 is 1.56. The van der Waals surface area contributed by atoms with Crippen LogP contribution in [0.4, 0.5) is 0 Å². The van der Waals surface area contributed by atoms with E-state index in [9.17, 15) is 4.79 Å². The summed E-state index contributed by atoms with van der Waals surface area (Å²) < 4.78 is 10.5. The zero-order valence-electron chi connectivity index (χ0n) is 11.8. The first-order valence-electron chi connectivity index (χ1n) is 6.97. The normalized spacial score (nSPS) is 18.9. The van der Waals surface area contributed by atoms with Crippen molar-refractivity contribution in [1.82, 2.24) is 15.0 Å². The molecule has 2 aromatic heterocycles. The number of carbonyl (C=O) groups excluding carboxylic acids is 1. The van der Waals surface area contributed by atoms with Crippen LogP contribution < -0.4 is 0 Å². The molecule has 1 fully saturated rings. The Labute approximate surface area is 126 Å². The third-order valence-corrected chi connectivity index (χ3v) is 4.32. The molecule has 1 aliphatic rings. The van der Waals surface area contributed by atoms with E-state index in [1.807, 2.05) is 29.3 Å². The Balaban J connectivity index is 1.56. The molecule has 0 saturated carbocycles. The average molecular weight is 307 g/mol. The van der Waals surface area contributed by atoms with Crippen molar-refractivity contribution in [2.24, 2.45) is 0 Å². The van der Waals surface area contributed by atoms with Crippen LogP contribution >= 0.6 is 11.3 Å². The lowest BCUT2D eigenvalue weighted by molar-refractivity contribution is -0.139. The SMILES string of the molecule is CC1COCCN1C(=O)CCc1nc(-c2cccs2)no1. The maximum absolute atomic E-state index is 12.2. The standard InChI is InChI=1S/C14H17N3O3S/c1-10-9-19-7-6-17(10)13(18)5-4-12-15-14(16-20-12)11-3-2-8-21-11/h2-3,8,10H,4-7,9H2,1H3. The summed E-state index contributed by atoms with van der Waals surface area (Å²) in [6.45, 7) is 3.87. The van der Waals surface area contributed by atoms with Crippen molar-refractivity contribution in [2.75, 3.05) is 19.8 Å². The van der Waals surface area contributed by atoms with Crippen molar-refractivity contribution in [1.29, 1.82) is 0 Å². The molecule has 1 atom stereocenters. The van der Waals surface area contributed by atoms with Crippen molar-refractivity contribution in [2.45, 2.75) is 25.8 Å². The second kappa shape index (κ2) is 6.36. The van der Waals surface area contributed by atoms with Gasteiger partial charge in [0.2, 0.25) is 17.6 Å². The summed E-state index contributed by atoms with van der Waals surface area (Å²) in [6, 6.07) is 4.02. The molecule has 0 aliphatic carbocycles. The Morgan fingerprint density at radius 3 is 3.24 bits per heavy atom. The van der Waals surface area contributed by atoms with Crippen LogP contribution in [0.15, 0.2) is 22.0 Å². The molecule has 0 spiro atoms. The summed E-state index contributed by atoms with van der Waals surface area (Å²) in [5, 5.41) is 5.91. The number of ether oxygens (including phenoxy) is 1. The number of amides is 1. The van der Waals surface area contributed by atoms with E-state index < -0.39 is 0 Å². The van der Waals surface area contributed by atoms with Gasteiger partial charge >= 0.3 is 0 Å². The number of aromatic nitrogens is 2. The Hall–Kier alpha value is -1.73. The Morgan fingerprint density at radius 2 is 2.48 bits per heavy atom. The molecule has 3 heterocycles. The molecule has 0 N–H and O–H groups in total. The van der Waals surface area contributed by atoms with Crippen LogP contribution in [0.1, 0.15) is 19.2 Å². The zero-order valence-corrected chi connectivity index (χ0v) is 12.6. The topological polar surface area (TPSA) is 68.5 Å². The van der Waals surface area contributed by atoms with Crippen molar-refractivity contribution in [3.63, 3.8) is 0 Å². The molecular weight excluding hydrogens is 290 g/mol. The van der Waals surface area contributed by atoms with Gasteiger partial charge < -0.3 is 14.2 Å². The highest BCUT2D eigenvalue weighted by atomic mass is 32.1.